The van der Waals surface area contributed by atoms with Gasteiger partial charge in [0.15, 0.2) is 5.16 Å². The summed E-state index contributed by atoms with van der Waals surface area (Å²) in [6.45, 7) is 4.97. The third-order valence-corrected chi connectivity index (χ3v) is 6.62. The third kappa shape index (κ3) is 3.43. The molecule has 3 aromatic rings. The first-order valence-corrected chi connectivity index (χ1v) is 10.4. The van der Waals surface area contributed by atoms with E-state index in [1.54, 1.807) is 23.5 Å². The number of fused-ring (bicyclic) bond motifs is 3. The zero-order chi connectivity index (χ0) is 18.3. The van der Waals surface area contributed by atoms with Crippen LogP contribution in [0.25, 0.3) is 10.2 Å². The van der Waals surface area contributed by atoms with Gasteiger partial charge in [-0.3, -0.25) is 0 Å². The highest BCUT2D eigenvalue weighted by Crippen LogP contribution is 2.39. The van der Waals surface area contributed by atoms with E-state index in [4.69, 9.17) is 15.5 Å². The molecule has 0 fully saturated rings. The van der Waals surface area contributed by atoms with E-state index >= 15 is 0 Å². The number of thiophene rings is 1. The zero-order valence-corrected chi connectivity index (χ0v) is 16.3. The van der Waals surface area contributed by atoms with E-state index < -0.39 is 0 Å². The van der Waals surface area contributed by atoms with Crippen LogP contribution in [0.3, 0.4) is 0 Å². The maximum atomic E-state index is 13.0. The highest BCUT2D eigenvalue weighted by atomic mass is 32.2. The molecule has 0 aliphatic carbocycles. The van der Waals surface area contributed by atoms with Crippen LogP contribution in [0.2, 0.25) is 0 Å². The lowest BCUT2D eigenvalue weighted by molar-refractivity contribution is 0.00203. The van der Waals surface area contributed by atoms with Crippen LogP contribution in [0.15, 0.2) is 29.4 Å². The molecule has 7 heteroatoms. The first kappa shape index (κ1) is 17.7. The Morgan fingerprint density at radius 3 is 2.81 bits per heavy atom. The van der Waals surface area contributed by atoms with Gasteiger partial charge in [0.05, 0.1) is 18.1 Å². The average Bonchev–Trinajstić information content (AvgIpc) is 2.99. The van der Waals surface area contributed by atoms with Gasteiger partial charge in [0, 0.05) is 17.1 Å². The van der Waals surface area contributed by atoms with Crippen LogP contribution in [0.5, 0.6) is 0 Å². The predicted octanol–water partition coefficient (Wildman–Crippen LogP) is 4.80. The summed E-state index contributed by atoms with van der Waals surface area (Å²) in [5.74, 6) is 1.45. The number of anilines is 1. The Kier molecular flexibility index (Phi) is 4.86. The Balaban J connectivity index is 1.60. The summed E-state index contributed by atoms with van der Waals surface area (Å²) >= 11 is 3.16. The predicted molar refractivity (Wildman–Crippen MR) is 105 cm³/mol. The van der Waals surface area contributed by atoms with Gasteiger partial charge in [0.1, 0.15) is 16.5 Å². The van der Waals surface area contributed by atoms with E-state index in [0.29, 0.717) is 29.3 Å². The average molecular weight is 390 g/mol. The first-order valence-electron chi connectivity index (χ1n) is 8.58. The molecule has 1 aromatic carbocycles. The molecule has 0 spiro atoms. The van der Waals surface area contributed by atoms with Crippen LogP contribution in [-0.2, 0) is 23.5 Å². The fourth-order valence-corrected chi connectivity index (χ4v) is 5.10. The fourth-order valence-electron chi connectivity index (χ4n) is 3.11. The molecule has 0 saturated heterocycles. The van der Waals surface area contributed by atoms with Crippen LogP contribution in [0, 0.1) is 11.7 Å². The van der Waals surface area contributed by atoms with Crippen LogP contribution in [0.1, 0.15) is 29.9 Å². The van der Waals surface area contributed by atoms with Gasteiger partial charge in [-0.2, -0.15) is 0 Å². The van der Waals surface area contributed by atoms with Gasteiger partial charge in [0.2, 0.25) is 0 Å². The number of nitrogen functional groups attached to an aromatic ring is 1. The molecular weight excluding hydrogens is 369 g/mol. The molecular formula is C19H20FN3OS2. The van der Waals surface area contributed by atoms with Crippen molar-refractivity contribution in [3.05, 3.63) is 46.1 Å². The van der Waals surface area contributed by atoms with Crippen molar-refractivity contribution in [2.45, 2.75) is 43.9 Å². The molecule has 3 heterocycles. The van der Waals surface area contributed by atoms with Gasteiger partial charge in [0.25, 0.3) is 0 Å². The summed E-state index contributed by atoms with van der Waals surface area (Å²) in [4.78, 5) is 11.3. The molecule has 4 rings (SSSR count). The van der Waals surface area contributed by atoms with Crippen LogP contribution in [0.4, 0.5) is 10.2 Å². The lowest BCUT2D eigenvalue weighted by Gasteiger charge is -2.26. The van der Waals surface area contributed by atoms with E-state index in [2.05, 4.69) is 18.8 Å². The van der Waals surface area contributed by atoms with Crippen LogP contribution < -0.4 is 5.73 Å². The number of aromatic nitrogens is 2. The Hall–Kier alpha value is -1.70. The normalized spacial score (nSPS) is 17.0. The van der Waals surface area contributed by atoms with Crippen molar-refractivity contribution >= 4 is 39.1 Å². The van der Waals surface area contributed by atoms with E-state index in [-0.39, 0.29) is 11.9 Å². The van der Waals surface area contributed by atoms with Crippen molar-refractivity contribution in [2.24, 2.45) is 5.92 Å². The minimum absolute atomic E-state index is 0.215. The molecule has 2 N–H and O–H groups in total. The Labute approximate surface area is 160 Å². The van der Waals surface area contributed by atoms with E-state index in [1.165, 1.54) is 34.3 Å². The van der Waals surface area contributed by atoms with Gasteiger partial charge < -0.3 is 10.5 Å². The monoisotopic (exact) mass is 389 g/mol. The smallest absolute Gasteiger partial charge is 0.191 e. The molecule has 0 saturated carbocycles. The lowest BCUT2D eigenvalue weighted by atomic mass is 9.96. The Morgan fingerprint density at radius 2 is 2.08 bits per heavy atom. The molecule has 0 radical (unpaired) electrons. The quantitative estimate of drug-likeness (QED) is 0.513. The summed E-state index contributed by atoms with van der Waals surface area (Å²) in [7, 11) is 0. The molecule has 1 aliphatic heterocycles. The summed E-state index contributed by atoms with van der Waals surface area (Å²) in [6.07, 6.45) is 1.08. The van der Waals surface area contributed by atoms with Crippen molar-refractivity contribution in [1.29, 1.82) is 0 Å². The van der Waals surface area contributed by atoms with Crippen molar-refractivity contribution < 1.29 is 9.13 Å². The summed E-state index contributed by atoms with van der Waals surface area (Å²) < 4.78 is 19.0. The molecule has 2 aromatic heterocycles. The number of ether oxygens (including phenoxy) is 1. The van der Waals surface area contributed by atoms with E-state index in [0.717, 1.165) is 22.2 Å². The van der Waals surface area contributed by atoms with Crippen molar-refractivity contribution in [3.8, 4) is 0 Å². The zero-order valence-electron chi connectivity index (χ0n) is 14.7. The SMILES string of the molecule is CC(C)[C@H]1Cc2c(sc3nc(SCc4ccc(F)cc4)nc(N)c23)CO1. The maximum Gasteiger partial charge on any atom is 0.191 e. The maximum absolute atomic E-state index is 13.0. The fraction of sp³-hybridized carbons (Fsp3) is 0.368. The number of nitrogens with zero attached hydrogens (tertiary/aromatic N) is 2. The molecule has 136 valence electrons. The third-order valence-electron chi connectivity index (χ3n) is 4.60. The number of hydrogen-bond acceptors (Lipinski definition) is 6. The van der Waals surface area contributed by atoms with Crippen LogP contribution in [-0.4, -0.2) is 16.1 Å². The van der Waals surface area contributed by atoms with Gasteiger partial charge in [-0.15, -0.1) is 11.3 Å². The number of benzene rings is 1. The van der Waals surface area contributed by atoms with E-state index in [9.17, 15) is 4.39 Å². The molecule has 0 unspecified atom stereocenters. The highest BCUT2D eigenvalue weighted by Gasteiger charge is 2.27. The second-order valence-corrected chi connectivity index (χ2v) is 8.81. The first-order chi connectivity index (χ1) is 12.5. The molecule has 26 heavy (non-hydrogen) atoms. The molecule has 0 amide bonds. The van der Waals surface area contributed by atoms with Crippen molar-refractivity contribution in [1.82, 2.24) is 9.97 Å². The topological polar surface area (TPSA) is 61.0 Å². The minimum Gasteiger partial charge on any atom is -0.383 e. The summed E-state index contributed by atoms with van der Waals surface area (Å²) in [5, 5.41) is 1.64. The molecule has 1 aliphatic rings. The number of halogens is 1. The van der Waals surface area contributed by atoms with Gasteiger partial charge in [-0.1, -0.05) is 37.7 Å². The van der Waals surface area contributed by atoms with Gasteiger partial charge >= 0.3 is 0 Å². The van der Waals surface area contributed by atoms with Crippen LogP contribution >= 0.6 is 23.1 Å². The minimum atomic E-state index is -0.230. The van der Waals surface area contributed by atoms with Crippen molar-refractivity contribution in [2.75, 3.05) is 5.73 Å². The Morgan fingerprint density at radius 1 is 1.31 bits per heavy atom. The highest BCUT2D eigenvalue weighted by molar-refractivity contribution is 7.98. The standard InChI is InChI=1S/C19H20FN3OS2/c1-10(2)14-7-13-15(8-24-14)26-18-16(13)17(21)22-19(23-18)25-9-11-3-5-12(20)6-4-11/h3-6,10,14H,7-9H2,1-2H3,(H2,21,22,23)/t14-/m1/s1. The largest absolute Gasteiger partial charge is 0.383 e. The Bertz CT molecular complexity index is 940. The number of hydrogen-bond donors (Lipinski definition) is 1. The second-order valence-electron chi connectivity index (χ2n) is 6.79. The lowest BCUT2D eigenvalue weighted by Crippen LogP contribution is -2.26. The number of thioether (sulfide) groups is 1. The van der Waals surface area contributed by atoms with Gasteiger partial charge in [-0.05, 0) is 29.2 Å². The van der Waals surface area contributed by atoms with Crippen molar-refractivity contribution in [3.63, 3.8) is 0 Å². The summed E-state index contributed by atoms with van der Waals surface area (Å²) in [6, 6.07) is 6.48. The second kappa shape index (κ2) is 7.13. The van der Waals surface area contributed by atoms with Gasteiger partial charge in [-0.25, -0.2) is 14.4 Å². The molecule has 0 bridgehead atoms. The van der Waals surface area contributed by atoms with E-state index in [1.807, 2.05) is 0 Å². The number of nitrogens with two attached hydrogens (primary N) is 1. The summed E-state index contributed by atoms with van der Waals surface area (Å²) in [5.41, 5.74) is 8.57. The molecule has 4 nitrogen and oxygen atoms in total. The molecule has 1 atom stereocenters. The number of rotatable bonds is 4.